The molecule has 2 fully saturated rings. The molecule has 1 unspecified atom stereocenters. The predicted molar refractivity (Wildman–Crippen MR) is 69.2 cm³/mol. The third-order valence-corrected chi connectivity index (χ3v) is 5.81. The number of ether oxygens (including phenoxy) is 1. The van der Waals surface area contributed by atoms with Crippen LogP contribution in [0.2, 0.25) is 0 Å². The largest absolute Gasteiger partial charge is 0.396 e. The van der Waals surface area contributed by atoms with Crippen molar-refractivity contribution in [2.24, 2.45) is 11.8 Å². The molecule has 2 saturated heterocycles. The maximum Gasteiger partial charge on any atom is 0.150 e. The maximum atomic E-state index is 11.4. The summed E-state index contributed by atoms with van der Waals surface area (Å²) in [5.41, 5.74) is 0. The first-order valence-corrected chi connectivity index (χ1v) is 8.54. The third-order valence-electron chi connectivity index (χ3n) is 4.10. The fourth-order valence-electron chi connectivity index (χ4n) is 2.85. The van der Waals surface area contributed by atoms with Gasteiger partial charge in [-0.25, -0.2) is 8.42 Å². The van der Waals surface area contributed by atoms with E-state index in [-0.39, 0.29) is 24.0 Å². The molecule has 0 bridgehead atoms. The van der Waals surface area contributed by atoms with Gasteiger partial charge in [-0.2, -0.15) is 0 Å². The minimum atomic E-state index is -2.81. The smallest absolute Gasteiger partial charge is 0.150 e. The molecular formula is C12H23NO4S. The number of hydrogen-bond acceptors (Lipinski definition) is 5. The number of aliphatic hydroxyl groups is 1. The van der Waals surface area contributed by atoms with Gasteiger partial charge in [-0.15, -0.1) is 0 Å². The van der Waals surface area contributed by atoms with Crippen LogP contribution in [0.1, 0.15) is 12.8 Å². The lowest BCUT2D eigenvalue weighted by molar-refractivity contribution is 0.0173. The van der Waals surface area contributed by atoms with Crippen LogP contribution in [0.15, 0.2) is 0 Å². The average Bonchev–Trinajstić information content (AvgIpc) is 2.38. The van der Waals surface area contributed by atoms with Crippen LogP contribution in [0.3, 0.4) is 0 Å². The molecule has 6 heteroatoms. The highest BCUT2D eigenvalue weighted by molar-refractivity contribution is 7.91. The number of sulfone groups is 1. The summed E-state index contributed by atoms with van der Waals surface area (Å²) in [6.07, 6.45) is 1.41. The monoisotopic (exact) mass is 277 g/mol. The van der Waals surface area contributed by atoms with Gasteiger partial charge in [0.05, 0.1) is 24.7 Å². The Bertz CT molecular complexity index is 337. The van der Waals surface area contributed by atoms with Crippen molar-refractivity contribution >= 4 is 9.84 Å². The van der Waals surface area contributed by atoms with Gasteiger partial charge in [-0.3, -0.25) is 4.90 Å². The van der Waals surface area contributed by atoms with E-state index in [1.165, 1.54) is 0 Å². The lowest BCUT2D eigenvalue weighted by Gasteiger charge is -2.34. The van der Waals surface area contributed by atoms with Gasteiger partial charge in [-0.1, -0.05) is 0 Å². The van der Waals surface area contributed by atoms with Gasteiger partial charge in [0.2, 0.25) is 0 Å². The minimum absolute atomic E-state index is 0.155. The molecule has 18 heavy (non-hydrogen) atoms. The van der Waals surface area contributed by atoms with Crippen LogP contribution in [0.5, 0.6) is 0 Å². The Kier molecular flexibility index (Phi) is 5.00. The highest BCUT2D eigenvalue weighted by Gasteiger charge is 2.30. The molecule has 0 amide bonds. The first kappa shape index (κ1) is 14.2. The lowest BCUT2D eigenvalue weighted by atomic mass is 9.87. The Morgan fingerprint density at radius 1 is 1.22 bits per heavy atom. The summed E-state index contributed by atoms with van der Waals surface area (Å²) >= 11 is 0. The van der Waals surface area contributed by atoms with Gasteiger partial charge >= 0.3 is 0 Å². The van der Waals surface area contributed by atoms with Crippen LogP contribution < -0.4 is 0 Å². The molecule has 0 spiro atoms. The normalized spacial score (nSPS) is 28.1. The molecule has 0 aliphatic carbocycles. The van der Waals surface area contributed by atoms with Crippen molar-refractivity contribution in [3.63, 3.8) is 0 Å². The highest BCUT2D eigenvalue weighted by Crippen LogP contribution is 2.27. The molecule has 0 saturated carbocycles. The van der Waals surface area contributed by atoms with Crippen molar-refractivity contribution < 1.29 is 18.3 Å². The molecular weight excluding hydrogens is 254 g/mol. The quantitative estimate of drug-likeness (QED) is 0.768. The zero-order valence-electron chi connectivity index (χ0n) is 10.8. The van der Waals surface area contributed by atoms with E-state index in [1.54, 1.807) is 0 Å². The predicted octanol–water partition coefficient (Wildman–Crippen LogP) is -0.248. The number of morpholine rings is 1. The number of aliphatic hydroxyl groups excluding tert-OH is 1. The first-order chi connectivity index (χ1) is 8.61. The van der Waals surface area contributed by atoms with Gasteiger partial charge in [-0.05, 0) is 24.7 Å². The van der Waals surface area contributed by atoms with Gasteiger partial charge in [0.1, 0.15) is 9.84 Å². The van der Waals surface area contributed by atoms with Crippen LogP contribution in [0.25, 0.3) is 0 Å². The molecule has 106 valence electrons. The van der Waals surface area contributed by atoms with Crippen molar-refractivity contribution in [2.45, 2.75) is 12.8 Å². The molecule has 0 aromatic rings. The molecule has 1 N–H and O–H groups in total. The Morgan fingerprint density at radius 2 is 1.83 bits per heavy atom. The van der Waals surface area contributed by atoms with E-state index in [2.05, 4.69) is 4.90 Å². The fourth-order valence-corrected chi connectivity index (χ4v) is 4.38. The summed E-state index contributed by atoms with van der Waals surface area (Å²) in [5, 5.41) is 9.53. The summed E-state index contributed by atoms with van der Waals surface area (Å²) in [4.78, 5) is 2.31. The second kappa shape index (κ2) is 6.32. The molecule has 0 aromatic carbocycles. The van der Waals surface area contributed by atoms with Crippen LogP contribution in [0.4, 0.5) is 0 Å². The Morgan fingerprint density at radius 3 is 2.39 bits per heavy atom. The van der Waals surface area contributed by atoms with Crippen molar-refractivity contribution in [3.05, 3.63) is 0 Å². The standard InChI is InChI=1S/C12H23NO4S/c14-10-12(9-13-3-5-17-6-4-13)11-1-7-18(15,16)8-2-11/h11-12,14H,1-10H2. The van der Waals surface area contributed by atoms with E-state index in [1.807, 2.05) is 0 Å². The Balaban J connectivity index is 1.84. The lowest BCUT2D eigenvalue weighted by Crippen LogP contribution is -2.43. The topological polar surface area (TPSA) is 66.8 Å². The molecule has 0 radical (unpaired) electrons. The zero-order chi connectivity index (χ0) is 13.0. The molecule has 2 rings (SSSR count). The van der Waals surface area contributed by atoms with E-state index in [0.717, 1.165) is 32.8 Å². The number of nitrogens with zero attached hydrogens (tertiary/aromatic N) is 1. The molecule has 5 nitrogen and oxygen atoms in total. The number of rotatable bonds is 4. The van der Waals surface area contributed by atoms with E-state index in [9.17, 15) is 13.5 Å². The Hall–Kier alpha value is -0.170. The van der Waals surface area contributed by atoms with Crippen molar-refractivity contribution in [1.82, 2.24) is 4.90 Å². The summed E-state index contributed by atoms with van der Waals surface area (Å²) in [7, 11) is -2.81. The van der Waals surface area contributed by atoms with Gasteiger partial charge in [0.25, 0.3) is 0 Å². The summed E-state index contributed by atoms with van der Waals surface area (Å²) < 4.78 is 28.1. The van der Waals surface area contributed by atoms with Crippen LogP contribution in [0, 0.1) is 11.8 Å². The maximum absolute atomic E-state index is 11.4. The molecule has 0 aromatic heterocycles. The number of hydrogen-bond donors (Lipinski definition) is 1. The first-order valence-electron chi connectivity index (χ1n) is 6.72. The van der Waals surface area contributed by atoms with Crippen molar-refractivity contribution in [1.29, 1.82) is 0 Å². The summed E-state index contributed by atoms with van der Waals surface area (Å²) in [5.74, 6) is 1.13. The van der Waals surface area contributed by atoms with E-state index < -0.39 is 9.84 Å². The zero-order valence-corrected chi connectivity index (χ0v) is 11.6. The van der Waals surface area contributed by atoms with E-state index in [0.29, 0.717) is 18.8 Å². The van der Waals surface area contributed by atoms with Gasteiger partial charge in [0.15, 0.2) is 0 Å². The molecule has 2 heterocycles. The molecule has 2 aliphatic heterocycles. The fraction of sp³-hybridized carbons (Fsp3) is 1.00. The second-order valence-corrected chi connectivity index (χ2v) is 7.65. The van der Waals surface area contributed by atoms with Crippen LogP contribution in [-0.4, -0.2) is 69.4 Å². The SMILES string of the molecule is O=S1(=O)CCC(C(CO)CN2CCOCC2)CC1. The van der Waals surface area contributed by atoms with E-state index in [4.69, 9.17) is 4.74 Å². The van der Waals surface area contributed by atoms with Crippen LogP contribution >= 0.6 is 0 Å². The van der Waals surface area contributed by atoms with Crippen molar-refractivity contribution in [2.75, 3.05) is 51.0 Å². The summed E-state index contributed by atoms with van der Waals surface area (Å²) in [6.45, 7) is 4.38. The summed E-state index contributed by atoms with van der Waals surface area (Å²) in [6, 6.07) is 0. The highest BCUT2D eigenvalue weighted by atomic mass is 32.2. The molecule has 2 aliphatic rings. The third kappa shape index (κ3) is 3.91. The second-order valence-electron chi connectivity index (χ2n) is 5.34. The van der Waals surface area contributed by atoms with Crippen LogP contribution in [-0.2, 0) is 14.6 Å². The van der Waals surface area contributed by atoms with E-state index >= 15 is 0 Å². The molecule has 1 atom stereocenters. The van der Waals surface area contributed by atoms with Gasteiger partial charge in [0, 0.05) is 26.2 Å². The van der Waals surface area contributed by atoms with Crippen molar-refractivity contribution in [3.8, 4) is 0 Å². The minimum Gasteiger partial charge on any atom is -0.396 e. The Labute approximate surface area is 109 Å². The average molecular weight is 277 g/mol. The van der Waals surface area contributed by atoms with Gasteiger partial charge < -0.3 is 9.84 Å².